The first kappa shape index (κ1) is 11.5. The van der Waals surface area contributed by atoms with Crippen molar-refractivity contribution in [2.24, 2.45) is 0 Å². The molecule has 16 heavy (non-hydrogen) atoms. The number of fused-ring (bicyclic) bond motifs is 1. The third kappa shape index (κ3) is 2.10. The maximum absolute atomic E-state index is 5.96. The fraction of sp³-hybridized carbons (Fsp3) is 0.538. The maximum atomic E-state index is 5.96. The molecule has 0 spiro atoms. The molecule has 0 bridgehead atoms. The minimum absolute atomic E-state index is 0.538. The van der Waals surface area contributed by atoms with Crippen molar-refractivity contribution in [2.75, 3.05) is 27.2 Å². The second-order valence-corrected chi connectivity index (χ2v) is 4.71. The third-order valence-corrected chi connectivity index (χ3v) is 3.37. The topological polar surface area (TPSA) is 12.5 Å². The first-order valence-corrected chi connectivity index (χ1v) is 5.76. The lowest BCUT2D eigenvalue weighted by Gasteiger charge is -2.18. The molecule has 1 aromatic carbocycles. The van der Waals surface area contributed by atoms with Crippen molar-refractivity contribution in [2.45, 2.75) is 19.3 Å². The van der Waals surface area contributed by atoms with Gasteiger partial charge < -0.3 is 9.64 Å². The number of likely N-dealkylation sites (N-methyl/N-ethyl adjacent to an activating group) is 1. The van der Waals surface area contributed by atoms with Gasteiger partial charge in [0, 0.05) is 13.1 Å². The molecule has 84 valence electrons. The van der Waals surface area contributed by atoms with Gasteiger partial charge in [-0.3, -0.25) is 0 Å². The molecule has 1 unspecified atom stereocenters. The van der Waals surface area contributed by atoms with E-state index in [0.29, 0.717) is 5.92 Å². The molecule has 1 aliphatic heterocycles. The van der Waals surface area contributed by atoms with Crippen molar-refractivity contribution in [3.8, 4) is 5.75 Å². The highest BCUT2D eigenvalue weighted by Crippen LogP contribution is 2.26. The molecule has 3 heteroatoms. The van der Waals surface area contributed by atoms with E-state index in [1.807, 2.05) is 0 Å². The van der Waals surface area contributed by atoms with Crippen LogP contribution in [0.5, 0.6) is 5.75 Å². The summed E-state index contributed by atoms with van der Waals surface area (Å²) in [4.78, 5) is 2.37. The van der Waals surface area contributed by atoms with Crippen LogP contribution in [0.1, 0.15) is 24.0 Å². The van der Waals surface area contributed by atoms with Crippen molar-refractivity contribution in [3.05, 3.63) is 23.3 Å². The van der Waals surface area contributed by atoms with Crippen LogP contribution >= 0.6 is 0 Å². The van der Waals surface area contributed by atoms with Crippen molar-refractivity contribution in [3.63, 3.8) is 0 Å². The Hall–Kier alpha value is -0.955. The normalized spacial score (nSPS) is 21.3. The van der Waals surface area contributed by atoms with Crippen molar-refractivity contribution in [1.82, 2.24) is 4.90 Å². The van der Waals surface area contributed by atoms with E-state index < -0.39 is 0 Å². The first-order valence-electron chi connectivity index (χ1n) is 5.76. The summed E-state index contributed by atoms with van der Waals surface area (Å²) < 4.78 is 5.28. The number of rotatable bonds is 1. The standard InChI is InChI=1S/C13H18BNO/c1-9-8-15(2)5-4-10-6-13(16-3)12(14)7-11(9)10/h6-7,9H,4-5,8H2,1-3H3. The molecular weight excluding hydrogens is 197 g/mol. The van der Waals surface area contributed by atoms with Crippen molar-refractivity contribution < 1.29 is 4.74 Å². The van der Waals surface area contributed by atoms with E-state index in [2.05, 4.69) is 31.0 Å². The molecule has 1 aliphatic rings. The Bertz CT molecular complexity index is 392. The van der Waals surface area contributed by atoms with Crippen LogP contribution in [0.25, 0.3) is 0 Å². The zero-order valence-corrected chi connectivity index (χ0v) is 10.3. The van der Waals surface area contributed by atoms with E-state index in [9.17, 15) is 0 Å². The largest absolute Gasteiger partial charge is 0.497 e. The van der Waals surface area contributed by atoms with Crippen LogP contribution in [-0.2, 0) is 6.42 Å². The van der Waals surface area contributed by atoms with Gasteiger partial charge in [-0.1, -0.05) is 18.5 Å². The highest BCUT2D eigenvalue weighted by molar-refractivity contribution is 6.34. The number of nitrogens with zero attached hydrogens (tertiary/aromatic N) is 1. The zero-order chi connectivity index (χ0) is 11.7. The number of methoxy groups -OCH3 is 1. The molecule has 0 aromatic heterocycles. The summed E-state index contributed by atoms with van der Waals surface area (Å²) in [6.07, 6.45) is 1.08. The summed E-state index contributed by atoms with van der Waals surface area (Å²) in [5, 5.41) is 0. The van der Waals surface area contributed by atoms with Gasteiger partial charge in [-0.05, 0) is 36.6 Å². The van der Waals surface area contributed by atoms with Crippen molar-refractivity contribution in [1.29, 1.82) is 0 Å². The second kappa shape index (κ2) is 4.50. The Balaban J connectivity index is 2.43. The Morgan fingerprint density at radius 3 is 2.88 bits per heavy atom. The maximum Gasteiger partial charge on any atom is 0.119 e. The lowest BCUT2D eigenvalue weighted by atomic mass is 9.86. The quantitative estimate of drug-likeness (QED) is 0.650. The van der Waals surface area contributed by atoms with E-state index in [4.69, 9.17) is 12.6 Å². The average molecular weight is 215 g/mol. The molecule has 0 aliphatic carbocycles. The Morgan fingerprint density at radius 2 is 2.19 bits per heavy atom. The molecule has 0 N–H and O–H groups in total. The number of benzene rings is 1. The average Bonchev–Trinajstić information content (AvgIpc) is 2.38. The summed E-state index contributed by atoms with van der Waals surface area (Å²) in [7, 11) is 9.81. The van der Waals surface area contributed by atoms with Crippen LogP contribution in [-0.4, -0.2) is 40.0 Å². The van der Waals surface area contributed by atoms with Gasteiger partial charge >= 0.3 is 0 Å². The molecule has 0 fully saturated rings. The van der Waals surface area contributed by atoms with Crippen LogP contribution in [0, 0.1) is 0 Å². The van der Waals surface area contributed by atoms with Crippen LogP contribution in [0.2, 0.25) is 0 Å². The van der Waals surface area contributed by atoms with Gasteiger partial charge in [0.2, 0.25) is 0 Å². The predicted molar refractivity (Wildman–Crippen MR) is 68.0 cm³/mol. The number of hydrogen-bond acceptors (Lipinski definition) is 2. The van der Waals surface area contributed by atoms with Gasteiger partial charge in [0.25, 0.3) is 0 Å². The molecule has 1 atom stereocenters. The van der Waals surface area contributed by atoms with Gasteiger partial charge in [-0.15, -0.1) is 0 Å². The monoisotopic (exact) mass is 215 g/mol. The van der Waals surface area contributed by atoms with Gasteiger partial charge in [-0.2, -0.15) is 0 Å². The van der Waals surface area contributed by atoms with E-state index in [1.54, 1.807) is 7.11 Å². The molecule has 1 aromatic rings. The zero-order valence-electron chi connectivity index (χ0n) is 10.3. The minimum Gasteiger partial charge on any atom is -0.497 e. The Labute approximate surface area is 99.0 Å². The van der Waals surface area contributed by atoms with E-state index in [1.165, 1.54) is 11.1 Å². The predicted octanol–water partition coefficient (Wildman–Crippen LogP) is 1.08. The van der Waals surface area contributed by atoms with Crippen LogP contribution in [0.3, 0.4) is 0 Å². The lowest BCUT2D eigenvalue weighted by Crippen LogP contribution is -2.22. The molecule has 2 nitrogen and oxygen atoms in total. The first-order chi connectivity index (χ1) is 7.61. The van der Waals surface area contributed by atoms with E-state index in [-0.39, 0.29) is 0 Å². The van der Waals surface area contributed by atoms with Crippen LogP contribution in [0.4, 0.5) is 0 Å². The third-order valence-electron chi connectivity index (χ3n) is 3.37. The smallest absolute Gasteiger partial charge is 0.119 e. The van der Waals surface area contributed by atoms with E-state index >= 15 is 0 Å². The second-order valence-electron chi connectivity index (χ2n) is 4.71. The van der Waals surface area contributed by atoms with Gasteiger partial charge in [0.1, 0.15) is 13.6 Å². The molecular formula is C13H18BNO. The summed E-state index contributed by atoms with van der Waals surface area (Å²) in [6.45, 7) is 4.45. The number of ether oxygens (including phenoxy) is 1. The van der Waals surface area contributed by atoms with Gasteiger partial charge in [0.05, 0.1) is 7.11 Å². The SMILES string of the molecule is [B]c1cc2c(cc1OC)CCN(C)CC2C. The summed E-state index contributed by atoms with van der Waals surface area (Å²) in [5.41, 5.74) is 3.50. The summed E-state index contributed by atoms with van der Waals surface area (Å²) in [5.74, 6) is 1.34. The van der Waals surface area contributed by atoms with Crippen LogP contribution in [0.15, 0.2) is 12.1 Å². The Kier molecular flexibility index (Phi) is 3.24. The highest BCUT2D eigenvalue weighted by atomic mass is 16.5. The summed E-state index contributed by atoms with van der Waals surface area (Å²) in [6, 6.07) is 4.18. The minimum atomic E-state index is 0.538. The lowest BCUT2D eigenvalue weighted by molar-refractivity contribution is 0.332. The Morgan fingerprint density at radius 1 is 1.44 bits per heavy atom. The van der Waals surface area contributed by atoms with E-state index in [0.717, 1.165) is 30.7 Å². The molecule has 0 saturated carbocycles. The molecule has 2 rings (SSSR count). The summed E-state index contributed by atoms with van der Waals surface area (Å²) >= 11 is 0. The molecule has 2 radical (unpaired) electrons. The van der Waals surface area contributed by atoms with Gasteiger partial charge in [0.15, 0.2) is 0 Å². The fourth-order valence-electron chi connectivity index (χ4n) is 2.48. The fourth-order valence-corrected chi connectivity index (χ4v) is 2.48. The van der Waals surface area contributed by atoms with Crippen LogP contribution < -0.4 is 10.2 Å². The van der Waals surface area contributed by atoms with Gasteiger partial charge in [-0.25, -0.2) is 0 Å². The highest BCUT2D eigenvalue weighted by Gasteiger charge is 2.18. The molecule has 0 saturated heterocycles. The molecule has 1 heterocycles. The van der Waals surface area contributed by atoms with Crippen molar-refractivity contribution >= 4 is 13.3 Å². The molecule has 0 amide bonds. The number of hydrogen-bond donors (Lipinski definition) is 0.